The largest absolute Gasteiger partial charge is 0.444 e. The number of nitrogens with zero attached hydrogens (tertiary/aromatic N) is 2. The fourth-order valence-corrected chi connectivity index (χ4v) is 7.19. The van der Waals surface area contributed by atoms with E-state index in [4.69, 9.17) is 9.47 Å². The Bertz CT molecular complexity index is 1730. The average Bonchev–Trinajstić information content (AvgIpc) is 3.41. The van der Waals surface area contributed by atoms with Crippen molar-refractivity contribution in [1.29, 1.82) is 0 Å². The Kier molecular flexibility index (Phi) is 11.1. The molecule has 53 heavy (non-hydrogen) atoms. The molecular weight excluding hydrogens is 680 g/mol. The van der Waals surface area contributed by atoms with Crippen molar-refractivity contribution in [3.05, 3.63) is 77.9 Å². The first-order valence-electron chi connectivity index (χ1n) is 18.3. The quantitative estimate of drug-likeness (QED) is 0.327. The molecule has 282 valence electrons. The zero-order valence-corrected chi connectivity index (χ0v) is 30.4. The third-order valence-corrected chi connectivity index (χ3v) is 9.96. The van der Waals surface area contributed by atoms with Gasteiger partial charge in [-0.3, -0.25) is 24.6 Å². The molecule has 2 aromatic carbocycles. The predicted molar refractivity (Wildman–Crippen MR) is 194 cm³/mol. The van der Waals surface area contributed by atoms with Gasteiger partial charge in [-0.1, -0.05) is 67.5 Å². The molecule has 1 saturated carbocycles. The van der Waals surface area contributed by atoms with Crippen molar-refractivity contribution in [3.63, 3.8) is 0 Å². The first kappa shape index (κ1) is 37.4. The number of allylic oxidation sites excluding steroid dienone is 1. The van der Waals surface area contributed by atoms with Gasteiger partial charge < -0.3 is 30.3 Å². The molecule has 2 fully saturated rings. The van der Waals surface area contributed by atoms with Crippen LogP contribution < -0.4 is 21.3 Å². The van der Waals surface area contributed by atoms with E-state index in [0.717, 1.165) is 24.0 Å². The summed E-state index contributed by atoms with van der Waals surface area (Å²) in [5.41, 5.74) is 0.270. The number of urea groups is 1. The van der Waals surface area contributed by atoms with Gasteiger partial charge in [0.05, 0.1) is 6.54 Å². The third kappa shape index (κ3) is 9.16. The number of amides is 7. The summed E-state index contributed by atoms with van der Waals surface area (Å²) in [4.78, 5) is 84.4. The van der Waals surface area contributed by atoms with Crippen LogP contribution in [0.1, 0.15) is 76.8 Å². The van der Waals surface area contributed by atoms with Crippen LogP contribution in [0.5, 0.6) is 0 Å². The average molecular weight is 729 g/mol. The summed E-state index contributed by atoms with van der Waals surface area (Å²) in [6, 6.07) is 13.5. The SMILES string of the molecule is CC(C)(C)OC(=O)N[C@H]1CCCCCC=C[C@@H]2C[C@@]2(C(=O)NC(=O)Nc2ccccc2)NC(=O)[C@@H]2C[C@@H](OC(=O)N3Cc4ccccc4C3)CN2C1=O. The molecule has 0 unspecified atom stereocenters. The van der Waals surface area contributed by atoms with E-state index in [-0.39, 0.29) is 19.4 Å². The highest BCUT2D eigenvalue weighted by molar-refractivity contribution is 6.07. The molecule has 3 heterocycles. The second kappa shape index (κ2) is 15.7. The molecule has 2 aromatic rings. The summed E-state index contributed by atoms with van der Waals surface area (Å²) in [6.45, 7) is 5.82. The molecule has 3 aliphatic heterocycles. The second-order valence-corrected chi connectivity index (χ2v) is 15.2. The molecule has 0 spiro atoms. The normalized spacial score (nSPS) is 25.7. The molecule has 14 nitrogen and oxygen atoms in total. The van der Waals surface area contributed by atoms with E-state index in [1.54, 1.807) is 56.0 Å². The highest BCUT2D eigenvalue weighted by Gasteiger charge is 2.61. The zero-order valence-electron chi connectivity index (χ0n) is 30.4. The van der Waals surface area contributed by atoms with Crippen LogP contribution in [0.15, 0.2) is 66.7 Å². The van der Waals surface area contributed by atoms with Crippen LogP contribution in [-0.4, -0.2) is 81.6 Å². The minimum atomic E-state index is -1.44. The number of hydrogen-bond acceptors (Lipinski definition) is 8. The molecule has 7 amide bonds. The lowest BCUT2D eigenvalue weighted by Gasteiger charge is -2.30. The Morgan fingerprint density at radius 1 is 0.925 bits per heavy atom. The fraction of sp³-hybridized carbons (Fsp3) is 0.487. The van der Waals surface area contributed by atoms with Crippen molar-refractivity contribution in [2.75, 3.05) is 11.9 Å². The van der Waals surface area contributed by atoms with Gasteiger partial charge in [0.1, 0.15) is 29.3 Å². The van der Waals surface area contributed by atoms with Gasteiger partial charge in [-0.25, -0.2) is 14.4 Å². The molecule has 0 bridgehead atoms. The Hall–Kier alpha value is -5.40. The molecule has 14 heteroatoms. The Morgan fingerprint density at radius 2 is 1.62 bits per heavy atom. The summed E-state index contributed by atoms with van der Waals surface area (Å²) < 4.78 is 11.4. The third-order valence-electron chi connectivity index (χ3n) is 9.96. The number of carbonyl (C=O) groups excluding carboxylic acids is 6. The van der Waals surface area contributed by atoms with Crippen molar-refractivity contribution in [1.82, 2.24) is 25.8 Å². The van der Waals surface area contributed by atoms with Crippen molar-refractivity contribution in [2.45, 2.75) is 108 Å². The number of rotatable bonds is 4. The Labute approximate surface area is 309 Å². The molecule has 0 radical (unpaired) electrons. The molecule has 1 saturated heterocycles. The van der Waals surface area contributed by atoms with Gasteiger partial charge in [0.15, 0.2) is 0 Å². The number of fused-ring (bicyclic) bond motifs is 3. The molecule has 0 aromatic heterocycles. The molecule has 4 aliphatic rings. The van der Waals surface area contributed by atoms with Crippen molar-refractivity contribution < 1.29 is 38.2 Å². The summed E-state index contributed by atoms with van der Waals surface area (Å²) in [5, 5.41) is 10.6. The number of anilines is 1. The van der Waals surface area contributed by atoms with Crippen molar-refractivity contribution in [3.8, 4) is 0 Å². The number of benzene rings is 2. The van der Waals surface area contributed by atoms with E-state index in [9.17, 15) is 28.8 Å². The van der Waals surface area contributed by atoms with Crippen LogP contribution in [0.3, 0.4) is 0 Å². The first-order chi connectivity index (χ1) is 25.3. The monoisotopic (exact) mass is 728 g/mol. The fourth-order valence-electron chi connectivity index (χ4n) is 7.19. The topological polar surface area (TPSA) is 175 Å². The Balaban J connectivity index is 1.23. The minimum Gasteiger partial charge on any atom is -0.444 e. The van der Waals surface area contributed by atoms with Crippen LogP contribution in [-0.2, 0) is 36.9 Å². The van der Waals surface area contributed by atoms with Gasteiger partial charge in [-0.15, -0.1) is 0 Å². The van der Waals surface area contributed by atoms with Gasteiger partial charge >= 0.3 is 18.2 Å². The smallest absolute Gasteiger partial charge is 0.410 e. The van der Waals surface area contributed by atoms with E-state index < -0.39 is 71.2 Å². The first-order valence-corrected chi connectivity index (χ1v) is 18.3. The molecular formula is C39H48N6O8. The summed E-state index contributed by atoms with van der Waals surface area (Å²) in [5.74, 6) is -2.23. The second-order valence-electron chi connectivity index (χ2n) is 15.2. The van der Waals surface area contributed by atoms with Crippen LogP contribution in [0.4, 0.5) is 20.1 Å². The number of hydrogen-bond donors (Lipinski definition) is 4. The molecule has 6 rings (SSSR count). The summed E-state index contributed by atoms with van der Waals surface area (Å²) >= 11 is 0. The molecule has 5 atom stereocenters. The predicted octanol–water partition coefficient (Wildman–Crippen LogP) is 4.75. The number of ether oxygens (including phenoxy) is 2. The number of nitrogens with one attached hydrogen (secondary N) is 4. The lowest BCUT2D eigenvalue weighted by Crippen LogP contribution is -2.58. The number of alkyl carbamates (subject to hydrolysis) is 1. The van der Waals surface area contributed by atoms with Crippen LogP contribution in [0.2, 0.25) is 0 Å². The Morgan fingerprint density at radius 3 is 2.32 bits per heavy atom. The minimum absolute atomic E-state index is 0.0318. The van der Waals surface area contributed by atoms with Crippen LogP contribution in [0.25, 0.3) is 0 Å². The van der Waals surface area contributed by atoms with E-state index in [1.807, 2.05) is 36.4 Å². The summed E-state index contributed by atoms with van der Waals surface area (Å²) in [7, 11) is 0. The summed E-state index contributed by atoms with van der Waals surface area (Å²) in [6.07, 6.45) is 5.07. The number of imide groups is 1. The van der Waals surface area contributed by atoms with E-state index in [1.165, 1.54) is 4.90 Å². The lowest BCUT2D eigenvalue weighted by atomic mass is 10.0. The zero-order chi connectivity index (χ0) is 37.8. The van der Waals surface area contributed by atoms with Crippen molar-refractivity contribution >= 4 is 41.6 Å². The van der Waals surface area contributed by atoms with Gasteiger partial charge in [-0.2, -0.15) is 0 Å². The van der Waals surface area contributed by atoms with E-state index >= 15 is 0 Å². The van der Waals surface area contributed by atoms with Gasteiger partial charge in [0.25, 0.3) is 5.91 Å². The maximum Gasteiger partial charge on any atom is 0.410 e. The standard InChI is InChI=1S/C39H48N6O8/c1-38(2,3)53-36(50)41-30-19-11-6-4-5-8-16-27-21-39(27,34(48)42-35(49)40-28-17-9-7-10-18-28)43-32(46)31-20-29(24-45(31)33(30)47)52-37(51)44-22-25-14-12-13-15-26(25)23-44/h7-10,12-18,27,29-31H,4-6,11,19-24H2,1-3H3,(H,41,50)(H,43,46)(H2,40,42,48,49)/t27-,29-,30+,31+,39-/m1/s1. The van der Waals surface area contributed by atoms with E-state index in [0.29, 0.717) is 38.0 Å². The van der Waals surface area contributed by atoms with Crippen molar-refractivity contribution in [2.24, 2.45) is 5.92 Å². The van der Waals surface area contributed by atoms with E-state index in [2.05, 4.69) is 21.3 Å². The van der Waals surface area contributed by atoms with Gasteiger partial charge in [0.2, 0.25) is 11.8 Å². The van der Waals surface area contributed by atoms with Crippen LogP contribution in [0, 0.1) is 5.92 Å². The highest BCUT2D eigenvalue weighted by Crippen LogP contribution is 2.45. The maximum absolute atomic E-state index is 14.4. The molecule has 1 aliphatic carbocycles. The van der Waals surface area contributed by atoms with Crippen LogP contribution >= 0.6 is 0 Å². The molecule has 4 N–H and O–H groups in total. The highest BCUT2D eigenvalue weighted by atomic mass is 16.6. The number of carbonyl (C=O) groups is 6. The lowest BCUT2D eigenvalue weighted by molar-refractivity contribution is -0.141. The maximum atomic E-state index is 14.4. The van der Waals surface area contributed by atoms with Gasteiger partial charge in [0, 0.05) is 31.1 Å². The number of para-hydroxylation sites is 1. The van der Waals surface area contributed by atoms with Gasteiger partial charge in [-0.05, 0) is 69.7 Å².